The first kappa shape index (κ1) is 21.6. The third-order valence-electron chi connectivity index (χ3n) is 4.47. The average Bonchev–Trinajstić information content (AvgIpc) is 2.66. The molecule has 0 radical (unpaired) electrons. The van der Waals surface area contributed by atoms with Crippen LogP contribution in [-0.2, 0) is 22.6 Å². The van der Waals surface area contributed by atoms with Crippen molar-refractivity contribution in [3.8, 4) is 0 Å². The normalized spacial score (nSPS) is 18.1. The SMILES string of the molecule is CCNC(=NCc1ccccc1COC)NCC(C)(O)CN1CCOCC1. The van der Waals surface area contributed by atoms with Gasteiger partial charge < -0.3 is 25.2 Å². The van der Waals surface area contributed by atoms with Gasteiger partial charge in [-0.1, -0.05) is 24.3 Å². The smallest absolute Gasteiger partial charge is 0.191 e. The lowest BCUT2D eigenvalue weighted by Gasteiger charge is -2.34. The van der Waals surface area contributed by atoms with E-state index in [1.807, 2.05) is 26.0 Å². The second-order valence-corrected chi connectivity index (χ2v) is 7.14. The van der Waals surface area contributed by atoms with Gasteiger partial charge in [0.1, 0.15) is 0 Å². The van der Waals surface area contributed by atoms with E-state index in [0.717, 1.165) is 44.0 Å². The van der Waals surface area contributed by atoms with Gasteiger partial charge in [0.25, 0.3) is 0 Å². The standard InChI is InChI=1S/C20H34N4O3/c1-4-21-19(22-13-17-7-5-6-8-18(17)14-26-3)23-15-20(2,25)16-24-9-11-27-12-10-24/h5-8,25H,4,9-16H2,1-3H3,(H2,21,22,23). The van der Waals surface area contributed by atoms with E-state index in [1.165, 1.54) is 0 Å². The molecule has 1 aliphatic rings. The van der Waals surface area contributed by atoms with Crippen molar-refractivity contribution < 1.29 is 14.6 Å². The molecular formula is C20H34N4O3. The maximum atomic E-state index is 10.7. The van der Waals surface area contributed by atoms with Crippen molar-refractivity contribution in [3.05, 3.63) is 35.4 Å². The fourth-order valence-electron chi connectivity index (χ4n) is 3.09. The number of nitrogens with zero attached hydrogens (tertiary/aromatic N) is 2. The van der Waals surface area contributed by atoms with Crippen LogP contribution >= 0.6 is 0 Å². The van der Waals surface area contributed by atoms with E-state index < -0.39 is 5.60 Å². The molecule has 0 saturated carbocycles. The molecule has 1 aromatic rings. The van der Waals surface area contributed by atoms with E-state index >= 15 is 0 Å². The van der Waals surface area contributed by atoms with Crippen molar-refractivity contribution in [2.24, 2.45) is 4.99 Å². The van der Waals surface area contributed by atoms with Crippen molar-refractivity contribution in [3.63, 3.8) is 0 Å². The molecule has 0 aliphatic carbocycles. The maximum absolute atomic E-state index is 10.7. The molecule has 2 rings (SSSR count). The molecular weight excluding hydrogens is 344 g/mol. The van der Waals surface area contributed by atoms with Crippen LogP contribution in [-0.4, -0.2) is 74.6 Å². The summed E-state index contributed by atoms with van der Waals surface area (Å²) in [6, 6.07) is 8.14. The van der Waals surface area contributed by atoms with Gasteiger partial charge in [-0.15, -0.1) is 0 Å². The molecule has 0 amide bonds. The topological polar surface area (TPSA) is 78.4 Å². The van der Waals surface area contributed by atoms with Crippen LogP contribution in [0.15, 0.2) is 29.3 Å². The minimum absolute atomic E-state index is 0.426. The molecule has 7 nitrogen and oxygen atoms in total. The van der Waals surface area contributed by atoms with E-state index in [1.54, 1.807) is 7.11 Å². The van der Waals surface area contributed by atoms with Crippen LogP contribution in [0.2, 0.25) is 0 Å². The molecule has 0 bridgehead atoms. The zero-order chi connectivity index (χ0) is 19.5. The number of β-amino-alcohol motifs (C(OH)–C–C–N with tert-alkyl or cyclic N) is 1. The quantitative estimate of drug-likeness (QED) is 0.439. The van der Waals surface area contributed by atoms with Gasteiger partial charge in [-0.2, -0.15) is 0 Å². The summed E-state index contributed by atoms with van der Waals surface area (Å²) < 4.78 is 10.6. The van der Waals surface area contributed by atoms with Gasteiger partial charge in [-0.3, -0.25) is 4.90 Å². The highest BCUT2D eigenvalue weighted by Gasteiger charge is 2.25. The average molecular weight is 379 g/mol. The van der Waals surface area contributed by atoms with Gasteiger partial charge in [0, 0.05) is 39.8 Å². The summed E-state index contributed by atoms with van der Waals surface area (Å²) in [4.78, 5) is 6.90. The molecule has 1 fully saturated rings. The summed E-state index contributed by atoms with van der Waals surface area (Å²) >= 11 is 0. The van der Waals surface area contributed by atoms with E-state index in [9.17, 15) is 5.11 Å². The van der Waals surface area contributed by atoms with Crippen molar-refractivity contribution in [1.82, 2.24) is 15.5 Å². The number of guanidine groups is 1. The van der Waals surface area contributed by atoms with Crippen molar-refractivity contribution >= 4 is 5.96 Å². The molecule has 1 saturated heterocycles. The Bertz CT molecular complexity index is 586. The lowest BCUT2D eigenvalue weighted by Crippen LogP contribution is -2.52. The predicted octanol–water partition coefficient (Wildman–Crippen LogP) is 0.971. The number of morpholine rings is 1. The molecule has 3 N–H and O–H groups in total. The number of aliphatic imine (C=N–C) groups is 1. The Hall–Kier alpha value is -1.67. The molecule has 0 aromatic heterocycles. The Morgan fingerprint density at radius 3 is 2.63 bits per heavy atom. The number of rotatable bonds is 9. The van der Waals surface area contributed by atoms with E-state index in [-0.39, 0.29) is 0 Å². The first-order chi connectivity index (χ1) is 13.0. The molecule has 1 atom stereocenters. The van der Waals surface area contributed by atoms with Gasteiger partial charge in [0.05, 0.1) is 32.0 Å². The Balaban J connectivity index is 1.92. The third-order valence-corrected chi connectivity index (χ3v) is 4.47. The number of aliphatic hydroxyl groups is 1. The van der Waals surface area contributed by atoms with Gasteiger partial charge in [-0.05, 0) is 25.0 Å². The molecule has 1 aromatic carbocycles. The minimum Gasteiger partial charge on any atom is -0.387 e. The second kappa shape index (κ2) is 11.2. The highest BCUT2D eigenvalue weighted by atomic mass is 16.5. The Kier molecular flexibility index (Phi) is 9.00. The van der Waals surface area contributed by atoms with Gasteiger partial charge in [-0.25, -0.2) is 4.99 Å². The zero-order valence-corrected chi connectivity index (χ0v) is 16.8. The van der Waals surface area contributed by atoms with Crippen LogP contribution in [0.25, 0.3) is 0 Å². The highest BCUT2D eigenvalue weighted by Crippen LogP contribution is 2.11. The van der Waals surface area contributed by atoms with Crippen LogP contribution in [0.1, 0.15) is 25.0 Å². The number of methoxy groups -OCH3 is 1. The van der Waals surface area contributed by atoms with Crippen LogP contribution in [0, 0.1) is 0 Å². The summed E-state index contributed by atoms with van der Waals surface area (Å²) in [5.74, 6) is 0.701. The zero-order valence-electron chi connectivity index (χ0n) is 16.8. The lowest BCUT2D eigenvalue weighted by molar-refractivity contribution is -0.0201. The van der Waals surface area contributed by atoms with Crippen LogP contribution in [0.5, 0.6) is 0 Å². The maximum Gasteiger partial charge on any atom is 0.191 e. The summed E-state index contributed by atoms with van der Waals surface area (Å²) in [5.41, 5.74) is 1.43. The Morgan fingerprint density at radius 2 is 1.96 bits per heavy atom. The summed E-state index contributed by atoms with van der Waals surface area (Å²) in [5, 5.41) is 17.3. The molecule has 1 heterocycles. The minimum atomic E-state index is -0.846. The largest absolute Gasteiger partial charge is 0.387 e. The van der Waals surface area contributed by atoms with E-state index in [2.05, 4.69) is 32.7 Å². The Labute approximate surface area is 162 Å². The molecule has 7 heteroatoms. The van der Waals surface area contributed by atoms with Crippen molar-refractivity contribution in [2.75, 3.05) is 53.0 Å². The number of ether oxygens (including phenoxy) is 2. The summed E-state index contributed by atoms with van der Waals surface area (Å²) in [6.45, 7) is 10.00. The molecule has 1 unspecified atom stereocenters. The van der Waals surface area contributed by atoms with E-state index in [0.29, 0.717) is 32.2 Å². The second-order valence-electron chi connectivity index (χ2n) is 7.14. The fourth-order valence-corrected chi connectivity index (χ4v) is 3.09. The number of benzene rings is 1. The van der Waals surface area contributed by atoms with Gasteiger partial charge >= 0.3 is 0 Å². The van der Waals surface area contributed by atoms with Crippen molar-refractivity contribution in [2.45, 2.75) is 32.6 Å². The highest BCUT2D eigenvalue weighted by molar-refractivity contribution is 5.79. The summed E-state index contributed by atoms with van der Waals surface area (Å²) in [7, 11) is 1.70. The van der Waals surface area contributed by atoms with E-state index in [4.69, 9.17) is 9.47 Å². The fraction of sp³-hybridized carbons (Fsp3) is 0.650. The van der Waals surface area contributed by atoms with Crippen LogP contribution in [0.4, 0.5) is 0 Å². The van der Waals surface area contributed by atoms with Crippen LogP contribution in [0.3, 0.4) is 0 Å². The number of hydrogen-bond acceptors (Lipinski definition) is 5. The molecule has 27 heavy (non-hydrogen) atoms. The third kappa shape index (κ3) is 7.84. The number of nitrogens with one attached hydrogen (secondary N) is 2. The number of hydrogen-bond donors (Lipinski definition) is 3. The molecule has 1 aliphatic heterocycles. The van der Waals surface area contributed by atoms with Gasteiger partial charge in [0.2, 0.25) is 0 Å². The lowest BCUT2D eigenvalue weighted by atomic mass is 10.1. The first-order valence-corrected chi connectivity index (χ1v) is 9.64. The van der Waals surface area contributed by atoms with Crippen molar-refractivity contribution in [1.29, 1.82) is 0 Å². The monoisotopic (exact) mass is 378 g/mol. The van der Waals surface area contributed by atoms with Gasteiger partial charge in [0.15, 0.2) is 5.96 Å². The Morgan fingerprint density at radius 1 is 1.26 bits per heavy atom. The molecule has 0 spiro atoms. The first-order valence-electron chi connectivity index (χ1n) is 9.64. The van der Waals surface area contributed by atoms with Crippen LogP contribution < -0.4 is 10.6 Å². The summed E-state index contributed by atoms with van der Waals surface area (Å²) in [6.07, 6.45) is 0. The molecule has 152 valence electrons. The predicted molar refractivity (Wildman–Crippen MR) is 108 cm³/mol.